The number of anilines is 3. The Balaban J connectivity index is 1.84. The lowest BCUT2D eigenvalue weighted by atomic mass is 9.76. The van der Waals surface area contributed by atoms with Crippen molar-refractivity contribution in [3.63, 3.8) is 0 Å². The summed E-state index contributed by atoms with van der Waals surface area (Å²) in [5, 5.41) is 0. The highest BCUT2D eigenvalue weighted by atomic mass is 16.6. The van der Waals surface area contributed by atoms with E-state index in [1.54, 1.807) is 0 Å². The average Bonchev–Trinajstić information content (AvgIpc) is 3.22. The summed E-state index contributed by atoms with van der Waals surface area (Å²) in [5.41, 5.74) is 7.50. The van der Waals surface area contributed by atoms with Gasteiger partial charge in [-0.15, -0.1) is 0 Å². The molecule has 5 rings (SSSR count). The molecule has 37 heavy (non-hydrogen) atoms. The van der Waals surface area contributed by atoms with E-state index in [1.807, 2.05) is 66.6 Å². The first-order valence-corrected chi connectivity index (χ1v) is 12.4. The molecule has 0 fully saturated rings. The van der Waals surface area contributed by atoms with Crippen LogP contribution in [0.25, 0.3) is 11.1 Å². The normalized spacial score (nSPS) is 13.6. The Labute approximate surface area is 219 Å². The van der Waals surface area contributed by atoms with E-state index in [0.717, 1.165) is 44.9 Å². The molecule has 1 aliphatic heterocycles. The van der Waals surface area contributed by atoms with Gasteiger partial charge >= 0.3 is 5.97 Å². The number of rotatable bonds is 6. The van der Waals surface area contributed by atoms with Crippen LogP contribution < -0.4 is 14.7 Å². The third-order valence-corrected chi connectivity index (χ3v) is 7.14. The number of hydrogen-bond donors (Lipinski definition) is 0. The van der Waals surface area contributed by atoms with E-state index in [-0.39, 0.29) is 5.97 Å². The van der Waals surface area contributed by atoms with E-state index >= 15 is 0 Å². The first-order valence-electron chi connectivity index (χ1n) is 12.4. The molecule has 4 aromatic carbocycles. The van der Waals surface area contributed by atoms with E-state index < -0.39 is 5.60 Å². The summed E-state index contributed by atoms with van der Waals surface area (Å²) in [5.74, 6) is -0.312. The third-order valence-electron chi connectivity index (χ3n) is 7.14. The second kappa shape index (κ2) is 9.32. The Morgan fingerprint density at radius 3 is 1.54 bits per heavy atom. The summed E-state index contributed by atoms with van der Waals surface area (Å²) < 4.78 is 6.47. The number of esters is 1. The second-order valence-electron chi connectivity index (χ2n) is 10.1. The molecule has 0 N–H and O–H groups in total. The predicted molar refractivity (Wildman–Crippen MR) is 153 cm³/mol. The van der Waals surface area contributed by atoms with E-state index in [4.69, 9.17) is 4.74 Å². The van der Waals surface area contributed by atoms with Crippen LogP contribution in [0.15, 0.2) is 91.0 Å². The smallest absolute Gasteiger partial charge is 0.340 e. The van der Waals surface area contributed by atoms with Gasteiger partial charge in [0.15, 0.2) is 5.60 Å². The molecule has 1 heterocycles. The number of cyclic esters (lactones) is 1. The third kappa shape index (κ3) is 4.01. The van der Waals surface area contributed by atoms with E-state index in [0.29, 0.717) is 5.56 Å². The van der Waals surface area contributed by atoms with Gasteiger partial charge in [0.25, 0.3) is 0 Å². The Morgan fingerprint density at radius 2 is 1.03 bits per heavy atom. The molecule has 0 aliphatic carbocycles. The van der Waals surface area contributed by atoms with Crippen molar-refractivity contribution in [2.45, 2.75) is 5.60 Å². The fourth-order valence-electron chi connectivity index (χ4n) is 5.22. The fourth-order valence-corrected chi connectivity index (χ4v) is 5.22. The van der Waals surface area contributed by atoms with Crippen LogP contribution in [0.2, 0.25) is 0 Å². The summed E-state index contributed by atoms with van der Waals surface area (Å²) in [4.78, 5) is 19.8. The molecule has 0 saturated carbocycles. The van der Waals surface area contributed by atoms with E-state index in [2.05, 4.69) is 81.4 Å². The van der Waals surface area contributed by atoms with Gasteiger partial charge in [-0.05, 0) is 42.0 Å². The molecular weight excluding hydrogens is 458 g/mol. The minimum absolute atomic E-state index is 0.312. The first-order chi connectivity index (χ1) is 17.7. The fraction of sp³-hybridized carbons (Fsp3) is 0.219. The Bertz CT molecular complexity index is 1390. The molecular formula is C32H33N3O2. The summed E-state index contributed by atoms with van der Waals surface area (Å²) in [6, 6.07) is 30.8. The van der Waals surface area contributed by atoms with Gasteiger partial charge in [0.05, 0.1) is 5.56 Å². The molecule has 0 saturated heterocycles. The maximum Gasteiger partial charge on any atom is 0.340 e. The molecule has 0 unspecified atom stereocenters. The molecule has 188 valence electrons. The zero-order chi connectivity index (χ0) is 26.3. The van der Waals surface area contributed by atoms with Gasteiger partial charge in [0.1, 0.15) is 0 Å². The molecule has 1 aliphatic rings. The monoisotopic (exact) mass is 491 g/mol. The Morgan fingerprint density at radius 1 is 0.541 bits per heavy atom. The molecule has 0 radical (unpaired) electrons. The van der Waals surface area contributed by atoms with Gasteiger partial charge in [-0.25, -0.2) is 4.79 Å². The largest absolute Gasteiger partial charge is 0.441 e. The standard InChI is InChI=1S/C32H33N3O2/c1-33(2)24-18-14-22(15-19-24)32(23-16-20-25(21-17-23)34(3)4)30-27(11-9-12-28(30)31(36)37-32)26-10-7-8-13-29(26)35(5)6/h7-21H,1-6H3. The lowest BCUT2D eigenvalue weighted by Crippen LogP contribution is -2.30. The number of ether oxygens (including phenoxy) is 1. The van der Waals surface area contributed by atoms with Crippen LogP contribution in [-0.4, -0.2) is 48.3 Å². The van der Waals surface area contributed by atoms with Crippen LogP contribution in [0.5, 0.6) is 0 Å². The Kier molecular flexibility index (Phi) is 6.16. The Hall–Kier alpha value is -4.25. The molecule has 5 heteroatoms. The summed E-state index contributed by atoms with van der Waals surface area (Å²) in [7, 11) is 12.2. The van der Waals surface area contributed by atoms with Crippen molar-refractivity contribution >= 4 is 23.0 Å². The maximum atomic E-state index is 13.5. The molecule has 0 atom stereocenters. The van der Waals surface area contributed by atoms with Crippen molar-refractivity contribution in [1.29, 1.82) is 0 Å². The number of fused-ring (bicyclic) bond motifs is 1. The summed E-state index contributed by atoms with van der Waals surface area (Å²) in [6.07, 6.45) is 0. The van der Waals surface area contributed by atoms with Crippen molar-refractivity contribution < 1.29 is 9.53 Å². The molecule has 0 spiro atoms. The zero-order valence-electron chi connectivity index (χ0n) is 22.3. The van der Waals surface area contributed by atoms with Gasteiger partial charge in [-0.3, -0.25) is 0 Å². The number of hydrogen-bond acceptors (Lipinski definition) is 5. The van der Waals surface area contributed by atoms with E-state index in [9.17, 15) is 4.79 Å². The quantitative estimate of drug-likeness (QED) is 0.309. The van der Waals surface area contributed by atoms with Crippen molar-refractivity contribution in [2.24, 2.45) is 0 Å². The number of para-hydroxylation sites is 1. The van der Waals surface area contributed by atoms with Crippen molar-refractivity contribution in [3.05, 3.63) is 113 Å². The predicted octanol–water partition coefficient (Wildman–Crippen LogP) is 6.01. The number of carbonyl (C=O) groups excluding carboxylic acids is 1. The zero-order valence-corrected chi connectivity index (χ0v) is 22.3. The minimum Gasteiger partial charge on any atom is -0.441 e. The molecule has 5 nitrogen and oxygen atoms in total. The molecule has 4 aromatic rings. The van der Waals surface area contributed by atoms with Crippen LogP contribution in [-0.2, 0) is 10.3 Å². The highest BCUT2D eigenvalue weighted by Crippen LogP contribution is 2.52. The van der Waals surface area contributed by atoms with Crippen LogP contribution in [0, 0.1) is 0 Å². The lowest BCUT2D eigenvalue weighted by Gasteiger charge is -2.33. The molecule has 0 aromatic heterocycles. The highest BCUT2D eigenvalue weighted by molar-refractivity contribution is 6.00. The van der Waals surface area contributed by atoms with Gasteiger partial charge in [-0.2, -0.15) is 0 Å². The molecule has 0 amide bonds. The number of benzene rings is 4. The van der Waals surface area contributed by atoms with E-state index in [1.165, 1.54) is 0 Å². The van der Waals surface area contributed by atoms with Crippen molar-refractivity contribution in [2.75, 3.05) is 57.0 Å². The van der Waals surface area contributed by atoms with Crippen LogP contribution >= 0.6 is 0 Å². The SMILES string of the molecule is CN(C)c1ccc(C2(c3ccc(N(C)C)cc3)OC(=O)c3cccc(-c4ccccc4N(C)C)c32)cc1. The average molecular weight is 492 g/mol. The van der Waals surface area contributed by atoms with Crippen LogP contribution in [0.3, 0.4) is 0 Å². The second-order valence-corrected chi connectivity index (χ2v) is 10.1. The lowest BCUT2D eigenvalue weighted by molar-refractivity contribution is 0.0252. The van der Waals surface area contributed by atoms with Crippen LogP contribution in [0.4, 0.5) is 17.1 Å². The van der Waals surface area contributed by atoms with Crippen LogP contribution in [0.1, 0.15) is 27.0 Å². The maximum absolute atomic E-state index is 13.5. The summed E-state index contributed by atoms with van der Waals surface area (Å²) in [6.45, 7) is 0. The van der Waals surface area contributed by atoms with Crippen molar-refractivity contribution in [3.8, 4) is 11.1 Å². The topological polar surface area (TPSA) is 36.0 Å². The minimum atomic E-state index is -1.09. The summed E-state index contributed by atoms with van der Waals surface area (Å²) >= 11 is 0. The first kappa shape index (κ1) is 24.4. The van der Waals surface area contributed by atoms with Crippen molar-refractivity contribution in [1.82, 2.24) is 0 Å². The number of carbonyl (C=O) groups is 1. The van der Waals surface area contributed by atoms with Gasteiger partial charge in [0, 0.05) is 81.6 Å². The molecule has 0 bridgehead atoms. The highest BCUT2D eigenvalue weighted by Gasteiger charge is 2.50. The van der Waals surface area contributed by atoms with Gasteiger partial charge in [0.2, 0.25) is 0 Å². The van der Waals surface area contributed by atoms with Gasteiger partial charge < -0.3 is 19.4 Å². The number of nitrogens with zero attached hydrogens (tertiary/aromatic N) is 3. The van der Waals surface area contributed by atoms with Gasteiger partial charge in [-0.1, -0.05) is 54.6 Å².